The zero-order chi connectivity index (χ0) is 22.0. The number of anilines is 2. The molecule has 0 spiro atoms. The van der Waals surface area contributed by atoms with Gasteiger partial charge in [-0.25, -0.2) is 0 Å². The highest BCUT2D eigenvalue weighted by molar-refractivity contribution is 6.01. The number of nitrogens with zero attached hydrogens (tertiary/aromatic N) is 4. The second kappa shape index (κ2) is 8.79. The van der Waals surface area contributed by atoms with E-state index < -0.39 is 0 Å². The molecule has 0 atom stereocenters. The molecule has 1 aromatic carbocycles. The quantitative estimate of drug-likeness (QED) is 0.792. The van der Waals surface area contributed by atoms with Crippen molar-refractivity contribution in [3.63, 3.8) is 0 Å². The molecular weight excluding hydrogens is 398 g/mol. The first-order valence-electron chi connectivity index (χ1n) is 10.6. The highest BCUT2D eigenvalue weighted by atomic mass is 16.5. The fourth-order valence-electron chi connectivity index (χ4n) is 4.00. The van der Waals surface area contributed by atoms with Gasteiger partial charge in [-0.1, -0.05) is 0 Å². The van der Waals surface area contributed by atoms with E-state index in [1.54, 1.807) is 36.1 Å². The fraction of sp³-hybridized carbons (Fsp3) is 0.455. The number of ether oxygens (including phenoxy) is 1. The minimum atomic E-state index is -0.141. The highest BCUT2D eigenvalue weighted by Gasteiger charge is 2.28. The Morgan fingerprint density at radius 1 is 1.26 bits per heavy atom. The van der Waals surface area contributed by atoms with E-state index in [1.807, 2.05) is 18.0 Å². The van der Waals surface area contributed by atoms with Crippen molar-refractivity contribution in [2.45, 2.75) is 32.7 Å². The normalized spacial score (nSPS) is 16.6. The minimum absolute atomic E-state index is 0.0127. The first kappa shape index (κ1) is 20.9. The van der Waals surface area contributed by atoms with Crippen molar-refractivity contribution >= 4 is 29.1 Å². The number of benzene rings is 1. The minimum Gasteiger partial charge on any atom is -0.482 e. The van der Waals surface area contributed by atoms with Crippen LogP contribution in [0.2, 0.25) is 0 Å². The van der Waals surface area contributed by atoms with E-state index >= 15 is 0 Å². The van der Waals surface area contributed by atoms with E-state index in [0.717, 1.165) is 19.4 Å². The van der Waals surface area contributed by atoms with Crippen LogP contribution >= 0.6 is 0 Å². The number of nitrogens with one attached hydrogen (secondary N) is 1. The van der Waals surface area contributed by atoms with Gasteiger partial charge in [0.15, 0.2) is 6.61 Å². The summed E-state index contributed by atoms with van der Waals surface area (Å²) in [5.41, 5.74) is 1.85. The van der Waals surface area contributed by atoms with E-state index in [-0.39, 0.29) is 30.2 Å². The Labute approximate surface area is 180 Å². The van der Waals surface area contributed by atoms with Gasteiger partial charge in [0.1, 0.15) is 5.75 Å². The molecule has 0 saturated carbocycles. The third-order valence-electron chi connectivity index (χ3n) is 5.91. The van der Waals surface area contributed by atoms with Crippen LogP contribution in [-0.2, 0) is 16.1 Å². The summed E-state index contributed by atoms with van der Waals surface area (Å²) in [7, 11) is 1.68. The predicted octanol–water partition coefficient (Wildman–Crippen LogP) is 2.14. The lowest BCUT2D eigenvalue weighted by Gasteiger charge is -2.32. The van der Waals surface area contributed by atoms with Gasteiger partial charge >= 0.3 is 0 Å². The zero-order valence-corrected chi connectivity index (χ0v) is 17.8. The average molecular weight is 425 g/mol. The average Bonchev–Trinajstić information content (AvgIpc) is 3.23. The standard InChI is InChI=1S/C22H27N5O4/c1-3-27-13-17(12-23-27)24-20(28)10-15-6-8-26(9-7-15)22(30)16-4-5-19-18(11-16)25(2)21(29)14-31-19/h4-5,11-13,15H,3,6-10,14H2,1-2H3,(H,24,28). The van der Waals surface area contributed by atoms with Crippen molar-refractivity contribution in [1.82, 2.24) is 14.7 Å². The van der Waals surface area contributed by atoms with Crippen LogP contribution in [0.1, 0.15) is 36.5 Å². The molecule has 2 aliphatic rings. The van der Waals surface area contributed by atoms with Crippen molar-refractivity contribution in [1.29, 1.82) is 0 Å². The first-order chi connectivity index (χ1) is 14.9. The predicted molar refractivity (Wildman–Crippen MR) is 115 cm³/mol. The number of rotatable bonds is 5. The number of likely N-dealkylation sites (tertiary alicyclic amines) is 1. The molecule has 1 aromatic heterocycles. The molecule has 9 nitrogen and oxygen atoms in total. The number of aromatic nitrogens is 2. The summed E-state index contributed by atoms with van der Waals surface area (Å²) < 4.78 is 7.19. The molecule has 0 aliphatic carbocycles. The van der Waals surface area contributed by atoms with Gasteiger partial charge < -0.3 is 19.9 Å². The summed E-state index contributed by atoms with van der Waals surface area (Å²) in [4.78, 5) is 40.5. The first-order valence-corrected chi connectivity index (χ1v) is 10.6. The van der Waals surface area contributed by atoms with Crippen LogP contribution in [0.25, 0.3) is 0 Å². The summed E-state index contributed by atoms with van der Waals surface area (Å²) in [6, 6.07) is 5.19. The molecule has 164 valence electrons. The van der Waals surface area contributed by atoms with Crippen LogP contribution < -0.4 is 15.0 Å². The van der Waals surface area contributed by atoms with Crippen LogP contribution in [0, 0.1) is 5.92 Å². The Morgan fingerprint density at radius 2 is 2.03 bits per heavy atom. The van der Waals surface area contributed by atoms with Crippen molar-refractivity contribution < 1.29 is 19.1 Å². The molecule has 3 amide bonds. The number of carbonyl (C=O) groups excluding carboxylic acids is 3. The van der Waals surface area contributed by atoms with Crippen LogP contribution in [0.4, 0.5) is 11.4 Å². The van der Waals surface area contributed by atoms with Crippen LogP contribution in [-0.4, -0.2) is 59.1 Å². The second-order valence-electron chi connectivity index (χ2n) is 8.00. The van der Waals surface area contributed by atoms with Crippen molar-refractivity contribution in [2.24, 2.45) is 5.92 Å². The van der Waals surface area contributed by atoms with Crippen molar-refractivity contribution in [2.75, 3.05) is 37.0 Å². The van der Waals surface area contributed by atoms with Gasteiger partial charge in [0.2, 0.25) is 5.91 Å². The molecule has 0 bridgehead atoms. The molecule has 1 N–H and O–H groups in total. The largest absolute Gasteiger partial charge is 0.482 e. The van der Waals surface area contributed by atoms with Gasteiger partial charge in [-0.15, -0.1) is 0 Å². The summed E-state index contributed by atoms with van der Waals surface area (Å²) in [5.74, 6) is 0.615. The molecule has 1 saturated heterocycles. The molecule has 0 unspecified atom stereocenters. The van der Waals surface area contributed by atoms with Gasteiger partial charge in [0, 0.05) is 44.9 Å². The van der Waals surface area contributed by atoms with Crippen molar-refractivity contribution in [3.8, 4) is 5.75 Å². The Morgan fingerprint density at radius 3 is 2.74 bits per heavy atom. The van der Waals surface area contributed by atoms with E-state index in [9.17, 15) is 14.4 Å². The van der Waals surface area contributed by atoms with Gasteiger partial charge in [-0.3, -0.25) is 19.1 Å². The van der Waals surface area contributed by atoms with Crippen LogP contribution in [0.15, 0.2) is 30.6 Å². The van der Waals surface area contributed by atoms with E-state index in [0.29, 0.717) is 42.2 Å². The third kappa shape index (κ3) is 4.55. The molecule has 1 fully saturated rings. The lowest BCUT2D eigenvalue weighted by Crippen LogP contribution is -2.39. The molecule has 2 aromatic rings. The molecular formula is C22H27N5O4. The summed E-state index contributed by atoms with van der Waals surface area (Å²) >= 11 is 0. The second-order valence-corrected chi connectivity index (χ2v) is 8.00. The number of aryl methyl sites for hydroxylation is 1. The molecule has 0 radical (unpaired) electrons. The topological polar surface area (TPSA) is 96.8 Å². The Balaban J connectivity index is 1.31. The number of carbonyl (C=O) groups is 3. The SMILES string of the molecule is CCn1cc(NC(=O)CC2CCN(C(=O)c3ccc4c(c3)N(C)C(=O)CO4)CC2)cn1. The number of piperidine rings is 1. The maximum Gasteiger partial charge on any atom is 0.264 e. The molecule has 3 heterocycles. The zero-order valence-electron chi connectivity index (χ0n) is 17.8. The van der Waals surface area contributed by atoms with E-state index in [2.05, 4.69) is 10.4 Å². The number of amides is 3. The van der Waals surface area contributed by atoms with Gasteiger partial charge in [-0.2, -0.15) is 5.10 Å². The maximum absolute atomic E-state index is 13.0. The van der Waals surface area contributed by atoms with Crippen LogP contribution in [0.5, 0.6) is 5.75 Å². The Hall–Kier alpha value is -3.36. The van der Waals surface area contributed by atoms with Crippen LogP contribution in [0.3, 0.4) is 0 Å². The van der Waals surface area contributed by atoms with Gasteiger partial charge in [-0.05, 0) is 43.9 Å². The lowest BCUT2D eigenvalue weighted by atomic mass is 9.92. The molecule has 31 heavy (non-hydrogen) atoms. The van der Waals surface area contributed by atoms with Gasteiger partial charge in [0.05, 0.1) is 17.6 Å². The lowest BCUT2D eigenvalue weighted by molar-refractivity contribution is -0.121. The number of fused-ring (bicyclic) bond motifs is 1. The van der Waals surface area contributed by atoms with E-state index in [4.69, 9.17) is 4.74 Å². The Kier molecular flexibility index (Phi) is 5.92. The highest BCUT2D eigenvalue weighted by Crippen LogP contribution is 2.32. The third-order valence-corrected chi connectivity index (χ3v) is 5.91. The summed E-state index contributed by atoms with van der Waals surface area (Å²) in [6.07, 6.45) is 5.45. The number of likely N-dealkylation sites (N-methyl/N-ethyl adjacent to an activating group) is 1. The molecule has 4 rings (SSSR count). The Bertz CT molecular complexity index is 994. The number of hydrogen-bond donors (Lipinski definition) is 1. The molecule has 2 aliphatic heterocycles. The maximum atomic E-state index is 13.0. The van der Waals surface area contributed by atoms with Crippen molar-refractivity contribution in [3.05, 3.63) is 36.2 Å². The smallest absolute Gasteiger partial charge is 0.264 e. The number of hydrogen-bond acceptors (Lipinski definition) is 5. The summed E-state index contributed by atoms with van der Waals surface area (Å²) in [6.45, 7) is 3.97. The van der Waals surface area contributed by atoms with Gasteiger partial charge in [0.25, 0.3) is 11.8 Å². The summed E-state index contributed by atoms with van der Waals surface area (Å²) in [5, 5.41) is 7.05. The fourth-order valence-corrected chi connectivity index (χ4v) is 4.00. The molecule has 9 heteroatoms. The van der Waals surface area contributed by atoms with E-state index in [1.165, 1.54) is 4.90 Å². The monoisotopic (exact) mass is 425 g/mol.